The highest BCUT2D eigenvalue weighted by molar-refractivity contribution is 7.99. The van der Waals surface area contributed by atoms with Crippen LogP contribution in [0.25, 0.3) is 11.1 Å². The van der Waals surface area contributed by atoms with Crippen molar-refractivity contribution in [2.24, 2.45) is 11.7 Å². The molecular formula is C23H25F6NOS. The van der Waals surface area contributed by atoms with Crippen LogP contribution in [0.15, 0.2) is 17.0 Å². The number of carbonyl (C=O) groups is 1. The smallest absolute Gasteiger partial charge is 0.217 e. The van der Waals surface area contributed by atoms with Gasteiger partial charge in [-0.05, 0) is 43.7 Å². The van der Waals surface area contributed by atoms with E-state index in [0.29, 0.717) is 31.0 Å². The fourth-order valence-corrected chi connectivity index (χ4v) is 4.65. The molecule has 1 amide bonds. The molecule has 1 atom stereocenters. The standard InChI is InChI=1S/C23H25F6NOS/c1-3-4-6-13(7-5-8-15(30)31)11-32-23-21(28)19(26)17(20(27)22(23)29)16-12(2)9-10-14(24)18(16)25/h9-10,13H,3-8,11H2,1-2H3,(H2,30,31)/t13-/m1/s1. The lowest BCUT2D eigenvalue weighted by Gasteiger charge is -2.18. The van der Waals surface area contributed by atoms with Crippen molar-refractivity contribution in [1.82, 2.24) is 0 Å². The largest absolute Gasteiger partial charge is 0.370 e. The van der Waals surface area contributed by atoms with Gasteiger partial charge in [0.15, 0.2) is 34.9 Å². The number of unbranched alkanes of at least 4 members (excludes halogenated alkanes) is 1. The normalized spacial score (nSPS) is 12.2. The predicted molar refractivity (Wildman–Crippen MR) is 113 cm³/mol. The topological polar surface area (TPSA) is 43.1 Å². The third kappa shape index (κ3) is 5.99. The SMILES string of the molecule is CCCC[C@H](CCCC(N)=O)CSc1c(F)c(F)c(-c2c(C)ccc(F)c2F)c(F)c1F. The number of amides is 1. The molecule has 0 spiro atoms. The number of nitrogens with two attached hydrogens (primary N) is 1. The van der Waals surface area contributed by atoms with Gasteiger partial charge in [-0.25, -0.2) is 26.3 Å². The Labute approximate surface area is 187 Å². The zero-order valence-corrected chi connectivity index (χ0v) is 18.7. The summed E-state index contributed by atoms with van der Waals surface area (Å²) in [6, 6.07) is 1.82. The molecule has 0 saturated carbocycles. The number of aryl methyl sites for hydroxylation is 1. The summed E-state index contributed by atoms with van der Waals surface area (Å²) in [4.78, 5) is 10.1. The summed E-state index contributed by atoms with van der Waals surface area (Å²) in [7, 11) is 0. The minimum Gasteiger partial charge on any atom is -0.370 e. The molecule has 176 valence electrons. The Balaban J connectivity index is 2.36. The van der Waals surface area contributed by atoms with E-state index in [-0.39, 0.29) is 23.7 Å². The highest BCUT2D eigenvalue weighted by atomic mass is 32.2. The molecule has 0 aliphatic heterocycles. The summed E-state index contributed by atoms with van der Waals surface area (Å²) in [6.45, 7) is 3.23. The van der Waals surface area contributed by atoms with Crippen LogP contribution in [-0.2, 0) is 4.79 Å². The van der Waals surface area contributed by atoms with Crippen LogP contribution in [0.2, 0.25) is 0 Å². The average Bonchev–Trinajstić information content (AvgIpc) is 2.74. The number of benzene rings is 2. The zero-order chi connectivity index (χ0) is 24.0. The molecule has 2 aromatic rings. The van der Waals surface area contributed by atoms with Crippen molar-refractivity contribution >= 4 is 17.7 Å². The Hall–Kier alpha value is -2.16. The number of primary amides is 1. The van der Waals surface area contributed by atoms with Crippen molar-refractivity contribution in [2.45, 2.75) is 57.3 Å². The maximum atomic E-state index is 14.8. The van der Waals surface area contributed by atoms with Crippen LogP contribution in [0, 0.1) is 47.7 Å². The number of carbonyl (C=O) groups excluding carboxylic acids is 1. The molecule has 0 fully saturated rings. The first kappa shape index (κ1) is 26.1. The Morgan fingerprint density at radius 3 is 2.06 bits per heavy atom. The monoisotopic (exact) mass is 477 g/mol. The number of thioether (sulfide) groups is 1. The summed E-state index contributed by atoms with van der Waals surface area (Å²) >= 11 is 0.621. The van der Waals surface area contributed by atoms with E-state index in [9.17, 15) is 31.1 Å². The molecular weight excluding hydrogens is 452 g/mol. The molecule has 32 heavy (non-hydrogen) atoms. The predicted octanol–water partition coefficient (Wildman–Crippen LogP) is 7.05. The Bertz CT molecular complexity index is 953. The molecule has 2 N–H and O–H groups in total. The van der Waals surface area contributed by atoms with Crippen molar-refractivity contribution in [2.75, 3.05) is 5.75 Å². The lowest BCUT2D eigenvalue weighted by atomic mass is 9.98. The first-order valence-corrected chi connectivity index (χ1v) is 11.3. The second-order valence-corrected chi connectivity index (χ2v) is 8.72. The third-order valence-electron chi connectivity index (χ3n) is 5.24. The van der Waals surface area contributed by atoms with E-state index in [1.165, 1.54) is 6.92 Å². The molecule has 2 nitrogen and oxygen atoms in total. The van der Waals surface area contributed by atoms with E-state index < -0.39 is 56.8 Å². The quantitative estimate of drug-likeness (QED) is 0.214. The van der Waals surface area contributed by atoms with E-state index >= 15 is 0 Å². The van der Waals surface area contributed by atoms with Gasteiger partial charge in [-0.1, -0.05) is 25.8 Å². The second-order valence-electron chi connectivity index (χ2n) is 7.69. The molecule has 0 saturated heterocycles. The van der Waals surface area contributed by atoms with Crippen LogP contribution in [0.5, 0.6) is 0 Å². The van der Waals surface area contributed by atoms with Gasteiger partial charge in [0.25, 0.3) is 0 Å². The molecule has 9 heteroatoms. The van der Waals surface area contributed by atoms with Gasteiger partial charge in [-0.2, -0.15) is 0 Å². The van der Waals surface area contributed by atoms with Crippen LogP contribution in [0.3, 0.4) is 0 Å². The van der Waals surface area contributed by atoms with Crippen LogP contribution >= 0.6 is 11.8 Å². The summed E-state index contributed by atoms with van der Waals surface area (Å²) in [5.41, 5.74) is 2.92. The van der Waals surface area contributed by atoms with Crippen LogP contribution in [0.1, 0.15) is 51.0 Å². The van der Waals surface area contributed by atoms with E-state index in [4.69, 9.17) is 5.73 Å². The highest BCUT2D eigenvalue weighted by Crippen LogP contribution is 2.40. The molecule has 0 aliphatic rings. The van der Waals surface area contributed by atoms with Crippen molar-refractivity contribution in [3.8, 4) is 11.1 Å². The van der Waals surface area contributed by atoms with E-state index in [2.05, 4.69) is 0 Å². The van der Waals surface area contributed by atoms with Gasteiger partial charge in [0.05, 0.1) is 10.5 Å². The summed E-state index contributed by atoms with van der Waals surface area (Å²) < 4.78 is 86.8. The molecule has 0 unspecified atom stereocenters. The average molecular weight is 478 g/mol. The third-order valence-corrected chi connectivity index (χ3v) is 6.53. The second kappa shape index (κ2) is 11.6. The first-order valence-electron chi connectivity index (χ1n) is 10.3. The maximum Gasteiger partial charge on any atom is 0.217 e. The van der Waals surface area contributed by atoms with Gasteiger partial charge in [0.1, 0.15) is 0 Å². The van der Waals surface area contributed by atoms with E-state index in [1.54, 1.807) is 0 Å². The fraction of sp³-hybridized carbons (Fsp3) is 0.435. The summed E-state index contributed by atoms with van der Waals surface area (Å²) in [5.74, 6) is -10.2. The molecule has 2 rings (SSSR count). The van der Waals surface area contributed by atoms with Crippen LogP contribution in [-0.4, -0.2) is 11.7 Å². The fourth-order valence-electron chi connectivity index (χ4n) is 3.48. The Kier molecular flexibility index (Phi) is 9.48. The molecule has 0 heterocycles. The first-order chi connectivity index (χ1) is 15.1. The summed E-state index contributed by atoms with van der Waals surface area (Å²) in [6.07, 6.45) is 3.67. The minimum atomic E-state index is -1.78. The molecule has 2 aromatic carbocycles. The highest BCUT2D eigenvalue weighted by Gasteiger charge is 2.30. The van der Waals surface area contributed by atoms with E-state index in [0.717, 1.165) is 25.0 Å². The summed E-state index contributed by atoms with van der Waals surface area (Å²) in [5, 5.41) is 0. The lowest BCUT2D eigenvalue weighted by molar-refractivity contribution is -0.118. The van der Waals surface area contributed by atoms with Gasteiger partial charge in [-0.3, -0.25) is 4.79 Å². The minimum absolute atomic E-state index is 0.0493. The van der Waals surface area contributed by atoms with Crippen LogP contribution in [0.4, 0.5) is 26.3 Å². The molecule has 0 radical (unpaired) electrons. The van der Waals surface area contributed by atoms with Crippen LogP contribution < -0.4 is 5.73 Å². The van der Waals surface area contributed by atoms with Crippen molar-refractivity contribution < 1.29 is 31.1 Å². The molecule has 0 bridgehead atoms. The number of hydrogen-bond acceptors (Lipinski definition) is 2. The lowest BCUT2D eigenvalue weighted by Crippen LogP contribution is -2.12. The number of hydrogen-bond donors (Lipinski definition) is 1. The number of rotatable bonds is 11. The molecule has 0 aromatic heterocycles. The van der Waals surface area contributed by atoms with Crippen molar-refractivity contribution in [3.05, 3.63) is 52.6 Å². The van der Waals surface area contributed by atoms with Crippen molar-refractivity contribution in [3.63, 3.8) is 0 Å². The Morgan fingerprint density at radius 2 is 1.50 bits per heavy atom. The van der Waals surface area contributed by atoms with E-state index in [1.807, 2.05) is 6.92 Å². The van der Waals surface area contributed by atoms with Gasteiger partial charge in [0, 0.05) is 17.7 Å². The molecule has 0 aliphatic carbocycles. The maximum absolute atomic E-state index is 14.8. The van der Waals surface area contributed by atoms with Gasteiger partial charge in [-0.15, -0.1) is 11.8 Å². The number of halogens is 6. The van der Waals surface area contributed by atoms with Gasteiger partial charge < -0.3 is 5.73 Å². The van der Waals surface area contributed by atoms with Crippen molar-refractivity contribution in [1.29, 1.82) is 0 Å². The zero-order valence-electron chi connectivity index (χ0n) is 17.8. The Morgan fingerprint density at radius 1 is 0.906 bits per heavy atom. The van der Waals surface area contributed by atoms with Gasteiger partial charge >= 0.3 is 0 Å². The van der Waals surface area contributed by atoms with Gasteiger partial charge in [0.2, 0.25) is 5.91 Å².